The summed E-state index contributed by atoms with van der Waals surface area (Å²) in [4.78, 5) is 29.1. The molecule has 0 unspecified atom stereocenters. The maximum atomic E-state index is 13.0. The van der Waals surface area contributed by atoms with Crippen molar-refractivity contribution in [1.29, 1.82) is 5.26 Å². The summed E-state index contributed by atoms with van der Waals surface area (Å²) in [5, 5.41) is 17.6. The molecular formula is C27H29ClN6O3. The van der Waals surface area contributed by atoms with Gasteiger partial charge in [-0.25, -0.2) is 9.48 Å². The number of ether oxygens (including phenoxy) is 1. The van der Waals surface area contributed by atoms with Crippen molar-refractivity contribution in [2.45, 2.75) is 33.3 Å². The fourth-order valence-electron chi connectivity index (χ4n) is 4.11. The van der Waals surface area contributed by atoms with Crippen molar-refractivity contribution in [2.24, 2.45) is 0 Å². The number of anilines is 2. The molecule has 192 valence electrons. The smallest absolute Gasteiger partial charge is 0.410 e. The minimum atomic E-state index is -0.546. The molecule has 2 heterocycles. The van der Waals surface area contributed by atoms with E-state index in [4.69, 9.17) is 16.3 Å². The largest absolute Gasteiger partial charge is 0.444 e. The predicted octanol–water partition coefficient (Wildman–Crippen LogP) is 5.02. The second-order valence-electron chi connectivity index (χ2n) is 9.78. The number of aromatic nitrogens is 2. The van der Waals surface area contributed by atoms with Gasteiger partial charge in [0.15, 0.2) is 0 Å². The number of carbonyl (C=O) groups excluding carboxylic acids is 2. The molecule has 1 aliphatic heterocycles. The van der Waals surface area contributed by atoms with Crippen molar-refractivity contribution in [3.63, 3.8) is 0 Å². The van der Waals surface area contributed by atoms with Gasteiger partial charge in [0.05, 0.1) is 34.4 Å². The molecule has 1 N–H and O–H groups in total. The Morgan fingerprint density at radius 2 is 1.76 bits per heavy atom. The summed E-state index contributed by atoms with van der Waals surface area (Å²) < 4.78 is 7.13. The van der Waals surface area contributed by atoms with Gasteiger partial charge in [0.25, 0.3) is 5.91 Å². The quantitative estimate of drug-likeness (QED) is 0.518. The van der Waals surface area contributed by atoms with Gasteiger partial charge in [-0.05, 0) is 70.2 Å². The van der Waals surface area contributed by atoms with E-state index in [-0.39, 0.29) is 12.0 Å². The summed E-state index contributed by atoms with van der Waals surface area (Å²) in [5.74, 6) is -0.319. The summed E-state index contributed by atoms with van der Waals surface area (Å²) >= 11 is 5.97. The summed E-state index contributed by atoms with van der Waals surface area (Å²) in [5.41, 5.74) is 3.07. The summed E-state index contributed by atoms with van der Waals surface area (Å²) in [6.07, 6.45) is 1.18. The number of hydrogen-bond acceptors (Lipinski definition) is 6. The van der Waals surface area contributed by atoms with E-state index < -0.39 is 5.60 Å². The summed E-state index contributed by atoms with van der Waals surface area (Å²) in [6.45, 7) is 9.47. The number of carbonyl (C=O) groups is 2. The maximum Gasteiger partial charge on any atom is 0.410 e. The highest BCUT2D eigenvalue weighted by Gasteiger charge is 2.27. The van der Waals surface area contributed by atoms with Crippen LogP contribution in [0.15, 0.2) is 48.7 Å². The lowest BCUT2D eigenvalue weighted by Gasteiger charge is -2.37. The second kappa shape index (κ2) is 10.5. The van der Waals surface area contributed by atoms with Crippen LogP contribution in [0.3, 0.4) is 0 Å². The minimum Gasteiger partial charge on any atom is -0.444 e. The number of piperazine rings is 1. The van der Waals surface area contributed by atoms with Crippen LogP contribution < -0.4 is 10.2 Å². The van der Waals surface area contributed by atoms with E-state index in [1.165, 1.54) is 6.20 Å². The summed E-state index contributed by atoms with van der Waals surface area (Å²) in [6, 6.07) is 14.7. The molecular weight excluding hydrogens is 492 g/mol. The highest BCUT2D eigenvalue weighted by molar-refractivity contribution is 6.30. The number of amides is 2. The number of nitrogens with zero attached hydrogens (tertiary/aromatic N) is 5. The Morgan fingerprint density at radius 1 is 1.08 bits per heavy atom. The molecule has 2 aromatic carbocycles. The Hall–Kier alpha value is -4.03. The van der Waals surface area contributed by atoms with Crippen molar-refractivity contribution in [1.82, 2.24) is 14.7 Å². The van der Waals surface area contributed by atoms with Crippen molar-refractivity contribution < 1.29 is 14.3 Å². The first-order valence-electron chi connectivity index (χ1n) is 11.9. The zero-order chi connectivity index (χ0) is 26.7. The lowest BCUT2D eigenvalue weighted by molar-refractivity contribution is 0.0240. The standard InChI is InChI=1S/C27H29ClN6O3/c1-18-23(17-30-34(18)22-8-5-20(28)6-9-22)25(35)31-21-7-10-24(19(15-21)16-29)32-11-13-33(14-12-32)26(36)37-27(2,3)4/h5-10,15,17H,11-14H2,1-4H3,(H,31,35). The highest BCUT2D eigenvalue weighted by Crippen LogP contribution is 2.26. The first kappa shape index (κ1) is 26.0. The van der Waals surface area contributed by atoms with Gasteiger partial charge in [0.1, 0.15) is 11.7 Å². The fourth-order valence-corrected chi connectivity index (χ4v) is 4.24. The number of hydrogen-bond donors (Lipinski definition) is 1. The molecule has 1 aromatic heterocycles. The average Bonchev–Trinajstić information content (AvgIpc) is 3.25. The molecule has 2 amide bonds. The van der Waals surface area contributed by atoms with Crippen LogP contribution in [0, 0.1) is 18.3 Å². The third-order valence-corrected chi connectivity index (χ3v) is 6.22. The normalized spacial score (nSPS) is 13.7. The Balaban J connectivity index is 1.43. The van der Waals surface area contributed by atoms with Crippen LogP contribution in [0.4, 0.5) is 16.2 Å². The van der Waals surface area contributed by atoms with Crippen molar-refractivity contribution in [2.75, 3.05) is 36.4 Å². The zero-order valence-corrected chi connectivity index (χ0v) is 22.0. The SMILES string of the molecule is Cc1c(C(=O)Nc2ccc(N3CCN(C(=O)OC(C)(C)C)CC3)c(C#N)c2)cnn1-c1ccc(Cl)cc1. The van der Waals surface area contributed by atoms with Crippen LogP contribution in [0.5, 0.6) is 0 Å². The van der Waals surface area contributed by atoms with E-state index in [1.807, 2.05) is 45.9 Å². The maximum absolute atomic E-state index is 13.0. The number of halogens is 1. The summed E-state index contributed by atoms with van der Waals surface area (Å²) in [7, 11) is 0. The third-order valence-electron chi connectivity index (χ3n) is 5.97. The van der Waals surface area contributed by atoms with Gasteiger partial charge in [-0.15, -0.1) is 0 Å². The lowest BCUT2D eigenvalue weighted by Crippen LogP contribution is -2.50. The molecule has 1 aliphatic rings. The number of nitriles is 1. The molecule has 4 rings (SSSR count). The van der Waals surface area contributed by atoms with Gasteiger partial charge in [0.2, 0.25) is 0 Å². The second-order valence-corrected chi connectivity index (χ2v) is 10.2. The molecule has 0 saturated carbocycles. The van der Waals surface area contributed by atoms with Crippen LogP contribution in [-0.2, 0) is 4.74 Å². The topological polar surface area (TPSA) is 103 Å². The molecule has 0 bridgehead atoms. The molecule has 1 saturated heterocycles. The van der Waals surface area contributed by atoms with Crippen LogP contribution >= 0.6 is 11.6 Å². The predicted molar refractivity (Wildman–Crippen MR) is 142 cm³/mol. The molecule has 0 aliphatic carbocycles. The fraction of sp³-hybridized carbons (Fsp3) is 0.333. The van der Waals surface area contributed by atoms with Crippen molar-refractivity contribution >= 4 is 35.0 Å². The van der Waals surface area contributed by atoms with Gasteiger partial charge in [-0.2, -0.15) is 10.4 Å². The molecule has 0 atom stereocenters. The van der Waals surface area contributed by atoms with Crippen molar-refractivity contribution in [3.8, 4) is 11.8 Å². The van der Waals surface area contributed by atoms with Gasteiger partial charge < -0.3 is 19.9 Å². The Morgan fingerprint density at radius 3 is 2.38 bits per heavy atom. The molecule has 1 fully saturated rings. The third kappa shape index (κ3) is 6.04. The number of rotatable bonds is 4. The highest BCUT2D eigenvalue weighted by atomic mass is 35.5. The first-order valence-corrected chi connectivity index (χ1v) is 12.3. The van der Waals surface area contributed by atoms with E-state index in [1.54, 1.807) is 33.8 Å². The van der Waals surface area contributed by atoms with E-state index in [0.717, 1.165) is 11.4 Å². The van der Waals surface area contributed by atoms with Gasteiger partial charge >= 0.3 is 6.09 Å². The van der Waals surface area contributed by atoms with E-state index in [9.17, 15) is 14.9 Å². The lowest BCUT2D eigenvalue weighted by atomic mass is 10.1. The van der Waals surface area contributed by atoms with Gasteiger partial charge in [0, 0.05) is 36.9 Å². The van der Waals surface area contributed by atoms with Gasteiger partial charge in [-0.3, -0.25) is 4.79 Å². The van der Waals surface area contributed by atoms with E-state index >= 15 is 0 Å². The van der Waals surface area contributed by atoms with Crippen LogP contribution in [0.2, 0.25) is 5.02 Å². The minimum absolute atomic E-state index is 0.319. The monoisotopic (exact) mass is 520 g/mol. The van der Waals surface area contributed by atoms with E-state index in [0.29, 0.717) is 53.7 Å². The number of benzene rings is 2. The Kier molecular flexibility index (Phi) is 7.41. The molecule has 9 nitrogen and oxygen atoms in total. The Labute approximate surface area is 221 Å². The molecule has 0 spiro atoms. The Bertz CT molecular complexity index is 1350. The molecule has 3 aromatic rings. The van der Waals surface area contributed by atoms with E-state index in [2.05, 4.69) is 21.4 Å². The van der Waals surface area contributed by atoms with Crippen LogP contribution in [0.1, 0.15) is 42.4 Å². The first-order chi connectivity index (χ1) is 17.6. The van der Waals surface area contributed by atoms with Crippen LogP contribution in [-0.4, -0.2) is 58.5 Å². The van der Waals surface area contributed by atoms with Gasteiger partial charge in [-0.1, -0.05) is 11.6 Å². The van der Waals surface area contributed by atoms with Crippen LogP contribution in [0.25, 0.3) is 5.69 Å². The zero-order valence-electron chi connectivity index (χ0n) is 21.3. The van der Waals surface area contributed by atoms with Crippen molar-refractivity contribution in [3.05, 3.63) is 70.5 Å². The molecule has 10 heteroatoms. The molecule has 37 heavy (non-hydrogen) atoms. The molecule has 0 radical (unpaired) electrons. The average molecular weight is 521 g/mol. The number of nitrogens with one attached hydrogen (secondary N) is 1.